The van der Waals surface area contributed by atoms with Gasteiger partial charge in [-0.05, 0) is 48.5 Å². The third-order valence-electron chi connectivity index (χ3n) is 4.09. The number of fused-ring (bicyclic) bond motifs is 2. The highest BCUT2D eigenvalue weighted by Gasteiger charge is 2.13. The first-order valence-electron chi connectivity index (χ1n) is 7.49. The van der Waals surface area contributed by atoms with E-state index in [1.165, 1.54) is 27.4 Å². The highest BCUT2D eigenvalue weighted by atomic mass is 127. The van der Waals surface area contributed by atoms with Gasteiger partial charge >= 0.3 is 5.82 Å². The van der Waals surface area contributed by atoms with Crippen LogP contribution in [0.2, 0.25) is 0 Å². The van der Waals surface area contributed by atoms with Gasteiger partial charge in [0.1, 0.15) is 11.9 Å². The van der Waals surface area contributed by atoms with Crippen molar-refractivity contribution in [3.8, 4) is 5.82 Å². The molecule has 0 bridgehead atoms. The van der Waals surface area contributed by atoms with Crippen LogP contribution < -0.4 is 28.5 Å². The van der Waals surface area contributed by atoms with Crippen molar-refractivity contribution in [3.05, 3.63) is 78.1 Å². The van der Waals surface area contributed by atoms with Gasteiger partial charge in [0.25, 0.3) is 0 Å². The van der Waals surface area contributed by atoms with Crippen LogP contribution in [0.1, 0.15) is 11.3 Å². The number of benzene rings is 2. The molecule has 0 aliphatic rings. The molecular formula is C20H17IN2. The maximum absolute atomic E-state index is 4.82. The monoisotopic (exact) mass is 412 g/mol. The van der Waals surface area contributed by atoms with Crippen LogP contribution in [0.25, 0.3) is 27.5 Å². The fourth-order valence-electron chi connectivity index (χ4n) is 2.91. The standard InChI is InChI=1S/C20H17N2.HI/c1-14-7-9-19-17(11-14)8-10-20(21-19)22-13-18-6-4-3-5-16(18)12-15(22)2;/h3-13H,1-2H3;1H/q+1;/p-1. The molecule has 4 aromatic rings. The van der Waals surface area contributed by atoms with Crippen LogP contribution in [-0.2, 0) is 0 Å². The summed E-state index contributed by atoms with van der Waals surface area (Å²) < 4.78 is 2.15. The zero-order valence-corrected chi connectivity index (χ0v) is 15.3. The molecule has 0 spiro atoms. The van der Waals surface area contributed by atoms with Gasteiger partial charge in [-0.2, -0.15) is 0 Å². The molecule has 2 aromatic carbocycles. The number of nitrogens with zero attached hydrogens (tertiary/aromatic N) is 2. The van der Waals surface area contributed by atoms with Crippen LogP contribution in [0.15, 0.2) is 66.9 Å². The summed E-state index contributed by atoms with van der Waals surface area (Å²) in [5, 5.41) is 3.66. The zero-order chi connectivity index (χ0) is 15.1. The van der Waals surface area contributed by atoms with Crippen LogP contribution in [0.4, 0.5) is 0 Å². The van der Waals surface area contributed by atoms with E-state index in [9.17, 15) is 0 Å². The van der Waals surface area contributed by atoms with E-state index in [0.29, 0.717) is 0 Å². The van der Waals surface area contributed by atoms with Crippen molar-refractivity contribution >= 4 is 21.7 Å². The molecule has 2 heterocycles. The van der Waals surface area contributed by atoms with Crippen molar-refractivity contribution in [2.75, 3.05) is 0 Å². The van der Waals surface area contributed by atoms with Gasteiger partial charge < -0.3 is 24.0 Å². The summed E-state index contributed by atoms with van der Waals surface area (Å²) >= 11 is 0. The summed E-state index contributed by atoms with van der Waals surface area (Å²) in [4.78, 5) is 4.82. The Balaban J connectivity index is 0.00000156. The summed E-state index contributed by atoms with van der Waals surface area (Å²) in [5.41, 5.74) is 3.47. The van der Waals surface area contributed by atoms with Gasteiger partial charge in [-0.3, -0.25) is 0 Å². The van der Waals surface area contributed by atoms with E-state index in [1.807, 2.05) is 0 Å². The maximum atomic E-state index is 4.82. The van der Waals surface area contributed by atoms with Gasteiger partial charge in [-0.15, -0.1) is 0 Å². The van der Waals surface area contributed by atoms with Crippen molar-refractivity contribution in [2.24, 2.45) is 0 Å². The number of halogens is 1. The lowest BCUT2D eigenvalue weighted by molar-refractivity contribution is -0.604. The minimum atomic E-state index is 0. The minimum Gasteiger partial charge on any atom is -1.00 e. The summed E-state index contributed by atoms with van der Waals surface area (Å²) in [5.74, 6) is 0.958. The fourth-order valence-corrected chi connectivity index (χ4v) is 2.91. The summed E-state index contributed by atoms with van der Waals surface area (Å²) in [7, 11) is 0. The predicted octanol–water partition coefficient (Wildman–Crippen LogP) is 1.29. The summed E-state index contributed by atoms with van der Waals surface area (Å²) in [6, 6.07) is 21.2. The van der Waals surface area contributed by atoms with Gasteiger partial charge in [0, 0.05) is 16.8 Å². The lowest BCUT2D eigenvalue weighted by Crippen LogP contribution is -3.00. The molecule has 0 saturated heterocycles. The second-order valence-electron chi connectivity index (χ2n) is 5.78. The Kier molecular flexibility index (Phi) is 4.31. The van der Waals surface area contributed by atoms with Crippen molar-refractivity contribution in [1.82, 2.24) is 4.98 Å². The van der Waals surface area contributed by atoms with Crippen molar-refractivity contribution in [1.29, 1.82) is 0 Å². The van der Waals surface area contributed by atoms with E-state index < -0.39 is 0 Å². The Bertz CT molecular complexity index is 1010. The molecule has 114 valence electrons. The van der Waals surface area contributed by atoms with Gasteiger partial charge in [-0.25, -0.2) is 4.57 Å². The fraction of sp³-hybridized carbons (Fsp3) is 0.100. The Labute approximate surface area is 152 Å². The molecule has 0 N–H and O–H groups in total. The number of aryl methyl sites for hydroxylation is 2. The minimum absolute atomic E-state index is 0. The molecule has 0 fully saturated rings. The molecule has 0 aliphatic carbocycles. The van der Waals surface area contributed by atoms with Crippen LogP contribution in [0.3, 0.4) is 0 Å². The van der Waals surface area contributed by atoms with Crippen molar-refractivity contribution < 1.29 is 28.5 Å². The number of hydrogen-bond acceptors (Lipinski definition) is 1. The van der Waals surface area contributed by atoms with Crippen LogP contribution in [0, 0.1) is 13.8 Å². The average Bonchev–Trinajstić information content (AvgIpc) is 2.54. The second-order valence-corrected chi connectivity index (χ2v) is 5.78. The Morgan fingerprint density at radius 1 is 0.783 bits per heavy atom. The van der Waals surface area contributed by atoms with Crippen molar-refractivity contribution in [2.45, 2.75) is 13.8 Å². The van der Waals surface area contributed by atoms with E-state index in [-0.39, 0.29) is 24.0 Å². The van der Waals surface area contributed by atoms with Gasteiger partial charge in [-0.1, -0.05) is 35.9 Å². The smallest absolute Gasteiger partial charge is 0.328 e. The highest BCUT2D eigenvalue weighted by molar-refractivity contribution is 5.81. The Morgan fingerprint density at radius 2 is 1.57 bits per heavy atom. The topological polar surface area (TPSA) is 16.8 Å². The molecule has 2 aromatic heterocycles. The number of aromatic nitrogens is 2. The van der Waals surface area contributed by atoms with E-state index in [2.05, 4.69) is 85.3 Å². The predicted molar refractivity (Wildman–Crippen MR) is 90.3 cm³/mol. The van der Waals surface area contributed by atoms with E-state index in [4.69, 9.17) is 4.98 Å². The van der Waals surface area contributed by atoms with E-state index >= 15 is 0 Å². The third-order valence-corrected chi connectivity index (χ3v) is 4.09. The number of rotatable bonds is 1. The van der Waals surface area contributed by atoms with Crippen molar-refractivity contribution in [3.63, 3.8) is 0 Å². The maximum Gasteiger partial charge on any atom is 0.328 e. The highest BCUT2D eigenvalue weighted by Crippen LogP contribution is 2.17. The van der Waals surface area contributed by atoms with E-state index in [1.54, 1.807) is 0 Å². The SMILES string of the molecule is Cc1ccc2nc(-[n+]3cc4ccccc4cc3C)ccc2c1.[I-]. The lowest BCUT2D eigenvalue weighted by Gasteiger charge is -2.04. The molecule has 0 atom stereocenters. The quantitative estimate of drug-likeness (QED) is 0.340. The van der Waals surface area contributed by atoms with Crippen LogP contribution in [-0.4, -0.2) is 4.98 Å². The summed E-state index contributed by atoms with van der Waals surface area (Å²) in [6.07, 6.45) is 2.16. The van der Waals surface area contributed by atoms with Gasteiger partial charge in [0.15, 0.2) is 5.52 Å². The molecule has 4 rings (SSSR count). The number of hydrogen-bond donors (Lipinski definition) is 0. The normalized spacial score (nSPS) is 10.7. The molecule has 0 amide bonds. The molecule has 0 saturated carbocycles. The second kappa shape index (κ2) is 6.24. The first kappa shape index (κ1) is 15.9. The Hall–Kier alpha value is -2.01. The van der Waals surface area contributed by atoms with E-state index in [0.717, 1.165) is 11.3 Å². The molecular weight excluding hydrogens is 395 g/mol. The average molecular weight is 412 g/mol. The molecule has 0 unspecified atom stereocenters. The molecule has 3 heteroatoms. The first-order chi connectivity index (χ1) is 10.7. The first-order valence-corrected chi connectivity index (χ1v) is 7.49. The zero-order valence-electron chi connectivity index (χ0n) is 13.1. The molecule has 0 aliphatic heterocycles. The molecule has 2 nitrogen and oxygen atoms in total. The molecule has 23 heavy (non-hydrogen) atoms. The third kappa shape index (κ3) is 2.93. The van der Waals surface area contributed by atoms with Crippen LogP contribution >= 0.6 is 0 Å². The largest absolute Gasteiger partial charge is 1.00 e. The van der Waals surface area contributed by atoms with Crippen LogP contribution in [0.5, 0.6) is 0 Å². The Morgan fingerprint density at radius 3 is 2.39 bits per heavy atom. The van der Waals surface area contributed by atoms with Gasteiger partial charge in [0.05, 0.1) is 0 Å². The molecule has 0 radical (unpaired) electrons. The number of pyridine rings is 2. The van der Waals surface area contributed by atoms with Gasteiger partial charge in [0.2, 0.25) is 0 Å². The lowest BCUT2D eigenvalue weighted by atomic mass is 10.1. The summed E-state index contributed by atoms with van der Waals surface area (Å²) in [6.45, 7) is 4.23.